The molecule has 0 spiro atoms. The summed E-state index contributed by atoms with van der Waals surface area (Å²) >= 11 is 5.64. The second kappa shape index (κ2) is 3.66. The first-order valence-corrected chi connectivity index (χ1v) is 5.00. The molecule has 1 aromatic rings. The van der Waals surface area contributed by atoms with Crippen molar-refractivity contribution in [2.45, 2.75) is 17.7 Å². The quantitative estimate of drug-likeness (QED) is 0.393. The molecule has 4 N–H and O–H groups in total. The highest BCUT2D eigenvalue weighted by molar-refractivity contribution is 6.30. The van der Waals surface area contributed by atoms with Crippen LogP contribution >= 0.6 is 11.6 Å². The number of esters is 1. The second-order valence-corrected chi connectivity index (χ2v) is 4.17. The van der Waals surface area contributed by atoms with E-state index in [0.29, 0.717) is 5.02 Å². The monoisotopic (exact) mass is 260 g/mol. The molecule has 0 bridgehead atoms. The van der Waals surface area contributed by atoms with Crippen molar-refractivity contribution in [1.29, 1.82) is 0 Å². The molecule has 0 aromatic heterocycles. The number of ether oxygens (including phenoxy) is 1. The Labute approximate surface area is 101 Å². The molecule has 1 aliphatic rings. The Balaban J connectivity index is 2.42. The van der Waals surface area contributed by atoms with E-state index in [-0.39, 0.29) is 5.56 Å². The van der Waals surface area contributed by atoms with Crippen LogP contribution in [0.5, 0.6) is 0 Å². The maximum absolute atomic E-state index is 11.1. The van der Waals surface area contributed by atoms with Crippen molar-refractivity contribution in [2.24, 2.45) is 0 Å². The normalized spacial score (nSPS) is 25.7. The molecule has 1 aliphatic heterocycles. The fourth-order valence-corrected chi connectivity index (χ4v) is 1.67. The van der Waals surface area contributed by atoms with Gasteiger partial charge in [0.1, 0.15) is 0 Å². The molecular formula is C10H9ClO6. The number of hydrogen-bond donors (Lipinski definition) is 4. The predicted molar refractivity (Wildman–Crippen MR) is 54.6 cm³/mol. The third-order valence-corrected chi connectivity index (χ3v) is 2.81. The minimum atomic E-state index is -3.36. The van der Waals surface area contributed by atoms with Crippen LogP contribution in [0.15, 0.2) is 24.3 Å². The minimum Gasteiger partial charge on any atom is -0.447 e. The van der Waals surface area contributed by atoms with Crippen LogP contribution in [0.1, 0.15) is 11.7 Å². The van der Waals surface area contributed by atoms with Crippen molar-refractivity contribution in [3.8, 4) is 0 Å². The van der Waals surface area contributed by atoms with Crippen LogP contribution in [0.25, 0.3) is 0 Å². The van der Waals surface area contributed by atoms with E-state index < -0.39 is 23.6 Å². The van der Waals surface area contributed by atoms with E-state index in [0.717, 1.165) is 0 Å². The zero-order valence-corrected chi connectivity index (χ0v) is 9.13. The van der Waals surface area contributed by atoms with Gasteiger partial charge in [0.2, 0.25) is 0 Å². The molecule has 0 amide bonds. The van der Waals surface area contributed by atoms with Gasteiger partial charge >= 0.3 is 11.8 Å². The van der Waals surface area contributed by atoms with Gasteiger partial charge in [-0.25, -0.2) is 4.79 Å². The maximum Gasteiger partial charge on any atom is 0.373 e. The largest absolute Gasteiger partial charge is 0.447 e. The Kier molecular flexibility index (Phi) is 2.64. The van der Waals surface area contributed by atoms with E-state index in [1.54, 1.807) is 0 Å². The van der Waals surface area contributed by atoms with Gasteiger partial charge in [0.25, 0.3) is 5.79 Å². The summed E-state index contributed by atoms with van der Waals surface area (Å²) in [6, 6.07) is 5.64. The highest BCUT2D eigenvalue weighted by Crippen LogP contribution is 2.42. The summed E-state index contributed by atoms with van der Waals surface area (Å²) in [5.41, 5.74) is 0.178. The molecular weight excluding hydrogens is 252 g/mol. The lowest BCUT2D eigenvalue weighted by Crippen LogP contribution is -2.55. The third-order valence-electron chi connectivity index (χ3n) is 2.56. The number of hydrogen-bond acceptors (Lipinski definition) is 6. The maximum atomic E-state index is 11.1. The number of rotatable bonds is 1. The third kappa shape index (κ3) is 1.70. The van der Waals surface area contributed by atoms with Crippen molar-refractivity contribution in [2.75, 3.05) is 0 Å². The van der Waals surface area contributed by atoms with Gasteiger partial charge in [-0.2, -0.15) is 0 Å². The number of benzene rings is 1. The lowest BCUT2D eigenvalue weighted by atomic mass is 9.97. The Morgan fingerprint density at radius 2 is 1.65 bits per heavy atom. The minimum absolute atomic E-state index is 0.178. The van der Waals surface area contributed by atoms with Crippen LogP contribution in [-0.2, 0) is 9.53 Å². The number of aliphatic hydroxyl groups is 4. The number of cyclic esters (lactones) is 1. The van der Waals surface area contributed by atoms with Gasteiger partial charge in [0.05, 0.1) is 0 Å². The molecule has 17 heavy (non-hydrogen) atoms. The van der Waals surface area contributed by atoms with Gasteiger partial charge < -0.3 is 25.2 Å². The van der Waals surface area contributed by atoms with Crippen molar-refractivity contribution >= 4 is 17.6 Å². The first kappa shape index (κ1) is 12.3. The molecule has 0 radical (unpaired) electrons. The molecule has 6 nitrogen and oxygen atoms in total. The fourth-order valence-electron chi connectivity index (χ4n) is 1.54. The molecule has 2 rings (SSSR count). The van der Waals surface area contributed by atoms with E-state index in [9.17, 15) is 25.2 Å². The Bertz CT molecular complexity index is 452. The molecule has 1 saturated heterocycles. The zero-order valence-electron chi connectivity index (χ0n) is 8.37. The molecule has 1 fully saturated rings. The second-order valence-electron chi connectivity index (χ2n) is 3.74. The highest BCUT2D eigenvalue weighted by atomic mass is 35.5. The van der Waals surface area contributed by atoms with Crippen LogP contribution in [0.4, 0.5) is 0 Å². The molecule has 0 aliphatic carbocycles. The summed E-state index contributed by atoms with van der Waals surface area (Å²) in [7, 11) is 0. The number of carbonyl (C=O) groups is 1. The van der Waals surface area contributed by atoms with E-state index in [1.165, 1.54) is 24.3 Å². The van der Waals surface area contributed by atoms with Crippen LogP contribution in [0.3, 0.4) is 0 Å². The van der Waals surface area contributed by atoms with Crippen molar-refractivity contribution < 1.29 is 30.0 Å². The lowest BCUT2D eigenvalue weighted by Gasteiger charge is -2.27. The topological polar surface area (TPSA) is 107 Å². The summed E-state index contributed by atoms with van der Waals surface area (Å²) in [6.07, 6.45) is -1.60. The first-order valence-electron chi connectivity index (χ1n) is 4.63. The molecule has 0 saturated carbocycles. The number of carbonyl (C=O) groups excluding carboxylic acids is 1. The molecule has 92 valence electrons. The van der Waals surface area contributed by atoms with Gasteiger partial charge in [-0.3, -0.25) is 0 Å². The summed E-state index contributed by atoms with van der Waals surface area (Å²) in [6.45, 7) is 0. The zero-order chi connectivity index (χ0) is 12.8. The van der Waals surface area contributed by atoms with Crippen molar-refractivity contribution in [3.63, 3.8) is 0 Å². The van der Waals surface area contributed by atoms with E-state index >= 15 is 0 Å². The number of halogens is 1. The molecule has 1 aromatic carbocycles. The first-order chi connectivity index (χ1) is 7.76. The summed E-state index contributed by atoms with van der Waals surface area (Å²) in [5.74, 6) is -8.02. The summed E-state index contributed by atoms with van der Waals surface area (Å²) in [5, 5.41) is 38.0. The van der Waals surface area contributed by atoms with E-state index in [4.69, 9.17) is 11.6 Å². The molecule has 1 heterocycles. The standard InChI is InChI=1S/C10H9ClO6/c11-6-3-1-5(2-4-6)7-9(13,14)10(15,16)8(12)17-7/h1-4,7,13-16H. The van der Waals surface area contributed by atoms with Crippen molar-refractivity contribution in [1.82, 2.24) is 0 Å². The van der Waals surface area contributed by atoms with Crippen LogP contribution in [0, 0.1) is 0 Å². The van der Waals surface area contributed by atoms with Gasteiger partial charge in [0.15, 0.2) is 6.10 Å². The predicted octanol–water partition coefficient (Wildman–Crippen LogP) is -0.700. The summed E-state index contributed by atoms with van der Waals surface area (Å²) < 4.78 is 4.54. The Morgan fingerprint density at radius 3 is 2.06 bits per heavy atom. The van der Waals surface area contributed by atoms with Gasteiger partial charge in [0, 0.05) is 5.02 Å². The smallest absolute Gasteiger partial charge is 0.373 e. The average molecular weight is 261 g/mol. The van der Waals surface area contributed by atoms with Gasteiger partial charge in [-0.15, -0.1) is 0 Å². The van der Waals surface area contributed by atoms with Crippen LogP contribution in [-0.4, -0.2) is 38.0 Å². The Morgan fingerprint density at radius 1 is 1.12 bits per heavy atom. The van der Waals surface area contributed by atoms with Gasteiger partial charge in [-0.05, 0) is 17.7 Å². The Hall–Kier alpha value is -1.18. The highest BCUT2D eigenvalue weighted by Gasteiger charge is 2.67. The van der Waals surface area contributed by atoms with Crippen molar-refractivity contribution in [3.05, 3.63) is 34.9 Å². The van der Waals surface area contributed by atoms with Crippen LogP contribution in [0.2, 0.25) is 5.02 Å². The average Bonchev–Trinajstić information content (AvgIpc) is 2.40. The lowest BCUT2D eigenvalue weighted by molar-refractivity contribution is -0.333. The molecule has 1 atom stereocenters. The van der Waals surface area contributed by atoms with E-state index in [1.807, 2.05) is 0 Å². The molecule has 1 unspecified atom stereocenters. The summed E-state index contributed by atoms with van der Waals surface area (Å²) in [4.78, 5) is 11.1. The molecule has 7 heteroatoms. The SMILES string of the molecule is O=C1OC(c2ccc(Cl)cc2)C(O)(O)C1(O)O. The van der Waals surface area contributed by atoms with E-state index in [2.05, 4.69) is 4.74 Å². The van der Waals surface area contributed by atoms with Gasteiger partial charge in [-0.1, -0.05) is 23.7 Å². The fraction of sp³-hybridized carbons (Fsp3) is 0.300. The van der Waals surface area contributed by atoms with Crippen LogP contribution < -0.4 is 0 Å².